The van der Waals surface area contributed by atoms with E-state index in [1.807, 2.05) is 10.8 Å². The highest BCUT2D eigenvalue weighted by atomic mass is 32.1. The number of amides is 1. The molecule has 0 aliphatic carbocycles. The van der Waals surface area contributed by atoms with Crippen molar-refractivity contribution < 1.29 is 9.53 Å². The van der Waals surface area contributed by atoms with Crippen molar-refractivity contribution in [1.29, 1.82) is 0 Å². The van der Waals surface area contributed by atoms with Crippen LogP contribution in [-0.2, 0) is 4.79 Å². The van der Waals surface area contributed by atoms with Gasteiger partial charge >= 0.3 is 0 Å². The summed E-state index contributed by atoms with van der Waals surface area (Å²) in [6.07, 6.45) is 0.567. The van der Waals surface area contributed by atoms with E-state index in [1.165, 1.54) is 11.3 Å². The summed E-state index contributed by atoms with van der Waals surface area (Å²) in [7, 11) is 1.58. The van der Waals surface area contributed by atoms with Crippen molar-refractivity contribution in [3.05, 3.63) is 10.8 Å². The summed E-state index contributed by atoms with van der Waals surface area (Å²) in [5, 5.41) is 3.68. The van der Waals surface area contributed by atoms with Crippen LogP contribution in [0.5, 0.6) is 5.75 Å². The number of methoxy groups -OCH3 is 1. The molecule has 5 heteroatoms. The van der Waals surface area contributed by atoms with Gasteiger partial charge in [0.05, 0.1) is 7.11 Å². The van der Waals surface area contributed by atoms with Crippen molar-refractivity contribution in [3.63, 3.8) is 0 Å². The standard InChI is InChI=1S/C6H8N2O2S/c1-10-6-3-11-2-5(6)8-7-4-9/h2-4,8H,1H3,(H,7,9). The van der Waals surface area contributed by atoms with E-state index in [9.17, 15) is 4.79 Å². The third-order valence-electron chi connectivity index (χ3n) is 1.11. The molecule has 0 aromatic carbocycles. The number of hydrogen-bond donors (Lipinski definition) is 2. The van der Waals surface area contributed by atoms with Crippen LogP contribution < -0.4 is 15.6 Å². The SMILES string of the molecule is COc1cscc1NNC=O. The summed E-state index contributed by atoms with van der Waals surface area (Å²) in [5.41, 5.74) is 5.75. The second-order valence-electron chi connectivity index (χ2n) is 1.74. The first-order valence-corrected chi connectivity index (χ1v) is 3.88. The zero-order valence-corrected chi connectivity index (χ0v) is 6.77. The molecule has 1 rings (SSSR count). The molecule has 1 aromatic rings. The van der Waals surface area contributed by atoms with Gasteiger partial charge < -0.3 is 4.74 Å². The Hall–Kier alpha value is -1.23. The Morgan fingerprint density at radius 3 is 3.09 bits per heavy atom. The molecule has 1 heterocycles. The summed E-state index contributed by atoms with van der Waals surface area (Å²) in [6, 6.07) is 0. The van der Waals surface area contributed by atoms with Crippen molar-refractivity contribution in [1.82, 2.24) is 5.43 Å². The number of thiophene rings is 1. The molecule has 2 N–H and O–H groups in total. The average molecular weight is 172 g/mol. The fourth-order valence-electron chi connectivity index (χ4n) is 0.642. The fourth-order valence-corrected chi connectivity index (χ4v) is 1.37. The van der Waals surface area contributed by atoms with Crippen LogP contribution in [0.1, 0.15) is 0 Å². The highest BCUT2D eigenvalue weighted by Gasteiger charge is 2.00. The quantitative estimate of drug-likeness (QED) is 0.522. The lowest BCUT2D eigenvalue weighted by atomic mass is 10.5. The van der Waals surface area contributed by atoms with Gasteiger partial charge in [-0.15, -0.1) is 11.3 Å². The highest BCUT2D eigenvalue weighted by Crippen LogP contribution is 2.27. The van der Waals surface area contributed by atoms with Gasteiger partial charge in [-0.1, -0.05) is 0 Å². The number of nitrogens with one attached hydrogen (secondary N) is 2. The number of carbonyl (C=O) groups is 1. The molecule has 0 saturated carbocycles. The van der Waals surface area contributed by atoms with Gasteiger partial charge in [0.1, 0.15) is 5.69 Å². The molecule has 0 radical (unpaired) electrons. The second-order valence-corrected chi connectivity index (χ2v) is 2.48. The molecule has 1 amide bonds. The zero-order valence-electron chi connectivity index (χ0n) is 5.96. The Morgan fingerprint density at radius 2 is 2.45 bits per heavy atom. The molecule has 0 fully saturated rings. The van der Waals surface area contributed by atoms with Crippen LogP contribution in [0.4, 0.5) is 5.69 Å². The Kier molecular flexibility index (Phi) is 2.74. The first-order chi connectivity index (χ1) is 5.38. The van der Waals surface area contributed by atoms with Crippen LogP contribution in [0.2, 0.25) is 0 Å². The van der Waals surface area contributed by atoms with Gasteiger partial charge in [-0.25, -0.2) is 0 Å². The average Bonchev–Trinajstić information content (AvgIpc) is 2.47. The molecule has 0 aliphatic heterocycles. The largest absolute Gasteiger partial charge is 0.494 e. The van der Waals surface area contributed by atoms with Gasteiger partial charge in [-0.05, 0) is 0 Å². The van der Waals surface area contributed by atoms with E-state index in [1.54, 1.807) is 7.11 Å². The van der Waals surface area contributed by atoms with Crippen molar-refractivity contribution in [2.24, 2.45) is 0 Å². The van der Waals surface area contributed by atoms with Crippen LogP contribution in [0.25, 0.3) is 0 Å². The van der Waals surface area contributed by atoms with Gasteiger partial charge in [-0.3, -0.25) is 15.6 Å². The van der Waals surface area contributed by atoms with E-state index < -0.39 is 0 Å². The molecule has 11 heavy (non-hydrogen) atoms. The summed E-state index contributed by atoms with van der Waals surface area (Å²) < 4.78 is 4.97. The number of rotatable bonds is 4. The third-order valence-corrected chi connectivity index (χ3v) is 1.83. The molecular weight excluding hydrogens is 164 g/mol. The van der Waals surface area contributed by atoms with Crippen molar-refractivity contribution >= 4 is 23.4 Å². The second kappa shape index (κ2) is 3.82. The lowest BCUT2D eigenvalue weighted by Crippen LogP contribution is -2.18. The van der Waals surface area contributed by atoms with Crippen LogP contribution in [0.15, 0.2) is 10.8 Å². The lowest BCUT2D eigenvalue weighted by molar-refractivity contribution is -0.109. The summed E-state index contributed by atoms with van der Waals surface area (Å²) in [5.74, 6) is 0.726. The van der Waals surface area contributed by atoms with E-state index in [-0.39, 0.29) is 0 Å². The molecule has 60 valence electrons. The molecule has 0 saturated heterocycles. The fraction of sp³-hybridized carbons (Fsp3) is 0.167. The van der Waals surface area contributed by atoms with Crippen LogP contribution in [-0.4, -0.2) is 13.5 Å². The van der Waals surface area contributed by atoms with Crippen LogP contribution in [0, 0.1) is 0 Å². The smallest absolute Gasteiger partial charge is 0.225 e. The van der Waals surface area contributed by atoms with Gasteiger partial charge in [-0.2, -0.15) is 0 Å². The molecule has 0 bridgehead atoms. The first-order valence-electron chi connectivity index (χ1n) is 2.94. The summed E-state index contributed by atoms with van der Waals surface area (Å²) in [6.45, 7) is 0. The minimum absolute atomic E-state index is 0.567. The molecule has 0 aliphatic rings. The minimum atomic E-state index is 0.567. The maximum Gasteiger partial charge on any atom is 0.225 e. The number of carbonyl (C=O) groups excluding carboxylic acids is 1. The van der Waals surface area contributed by atoms with Crippen molar-refractivity contribution in [2.45, 2.75) is 0 Å². The van der Waals surface area contributed by atoms with Crippen LogP contribution >= 0.6 is 11.3 Å². The Bertz CT molecular complexity index is 236. The lowest BCUT2D eigenvalue weighted by Gasteiger charge is -2.03. The zero-order chi connectivity index (χ0) is 8.10. The maximum absolute atomic E-state index is 9.89. The maximum atomic E-state index is 9.89. The van der Waals surface area contributed by atoms with Gasteiger partial charge in [0.2, 0.25) is 6.41 Å². The van der Waals surface area contributed by atoms with E-state index in [2.05, 4.69) is 10.9 Å². The van der Waals surface area contributed by atoms with Crippen molar-refractivity contribution in [2.75, 3.05) is 12.5 Å². The topological polar surface area (TPSA) is 50.4 Å². The van der Waals surface area contributed by atoms with Gasteiger partial charge in [0, 0.05) is 10.8 Å². The summed E-state index contributed by atoms with van der Waals surface area (Å²) >= 11 is 1.50. The van der Waals surface area contributed by atoms with E-state index in [4.69, 9.17) is 4.74 Å². The number of anilines is 1. The predicted octanol–water partition coefficient (Wildman–Crippen LogP) is 0.830. The van der Waals surface area contributed by atoms with E-state index in [0.717, 1.165) is 11.4 Å². The molecule has 0 unspecified atom stereocenters. The Labute approximate surface area is 68.1 Å². The molecule has 1 aromatic heterocycles. The van der Waals surface area contributed by atoms with Crippen LogP contribution in [0.3, 0.4) is 0 Å². The van der Waals surface area contributed by atoms with Gasteiger partial charge in [0.15, 0.2) is 5.75 Å². The minimum Gasteiger partial charge on any atom is -0.494 e. The summed E-state index contributed by atoms with van der Waals surface area (Å²) in [4.78, 5) is 9.89. The normalized spacial score (nSPS) is 8.82. The van der Waals surface area contributed by atoms with Crippen molar-refractivity contribution in [3.8, 4) is 5.75 Å². The molecule has 0 spiro atoms. The molecular formula is C6H8N2O2S. The third kappa shape index (κ3) is 1.84. The highest BCUT2D eigenvalue weighted by molar-refractivity contribution is 7.08. The van der Waals surface area contributed by atoms with E-state index >= 15 is 0 Å². The number of hydrazine groups is 1. The van der Waals surface area contributed by atoms with E-state index in [0.29, 0.717) is 6.41 Å². The molecule has 0 atom stereocenters. The van der Waals surface area contributed by atoms with Gasteiger partial charge in [0.25, 0.3) is 0 Å². The Balaban J connectivity index is 2.60. The number of hydrogen-bond acceptors (Lipinski definition) is 4. The Morgan fingerprint density at radius 1 is 1.64 bits per heavy atom. The molecule has 4 nitrogen and oxygen atoms in total. The predicted molar refractivity (Wildman–Crippen MR) is 43.7 cm³/mol. The number of ether oxygens (including phenoxy) is 1. The monoisotopic (exact) mass is 172 g/mol. The first kappa shape index (κ1) is 7.87.